The van der Waals surface area contributed by atoms with E-state index in [0.29, 0.717) is 6.61 Å². The molecule has 1 aliphatic carbocycles. The zero-order chi connectivity index (χ0) is 33.9. The SMILES string of the molecule is CCCCCCCCCCCCCCCCCCOC[C@H](COP(=O)(O)O[C@H]1[C@H](O)[C@@H](O)[C@H](O)[C@@H]([C@H](O)P(=O)(O)O)[C@H]1O)OC. The molecule has 1 saturated carbocycles. The van der Waals surface area contributed by atoms with Crippen molar-refractivity contribution < 1.29 is 67.9 Å². The van der Waals surface area contributed by atoms with E-state index in [2.05, 4.69) is 6.92 Å². The maximum absolute atomic E-state index is 12.5. The standard InChI is InChI=1S/C29H60O14P2/c1-3-4-5-6-7-8-9-10-11-12-13-14-15-16-17-18-19-41-20-22(40-2)21-42-45(38,39)43-28-25(31)23(29(34)44(35,36)37)24(30)26(32)27(28)33/h22-34H,3-21H2,1-2H3,(H,38,39)(H2,35,36,37)/t22-,23-,24-,25-,26+,27-,28-,29-/m1/s1. The van der Waals surface area contributed by atoms with E-state index in [9.17, 15) is 49.3 Å². The van der Waals surface area contributed by atoms with Gasteiger partial charge >= 0.3 is 15.4 Å². The topological polar surface area (TPSA) is 233 Å². The number of methoxy groups -OCH3 is 1. The number of aliphatic hydroxyl groups excluding tert-OH is 5. The summed E-state index contributed by atoms with van der Waals surface area (Å²) in [5.41, 5.74) is 0. The minimum atomic E-state index is -5.29. The molecule has 1 aliphatic rings. The van der Waals surface area contributed by atoms with Crippen LogP contribution in [0.2, 0.25) is 0 Å². The van der Waals surface area contributed by atoms with Crippen molar-refractivity contribution in [2.24, 2.45) is 5.92 Å². The van der Waals surface area contributed by atoms with Crippen LogP contribution in [0.5, 0.6) is 0 Å². The van der Waals surface area contributed by atoms with Crippen LogP contribution in [-0.2, 0) is 27.7 Å². The van der Waals surface area contributed by atoms with Crippen molar-refractivity contribution in [3.63, 3.8) is 0 Å². The highest BCUT2D eigenvalue weighted by Gasteiger charge is 2.56. The molecule has 0 aliphatic heterocycles. The van der Waals surface area contributed by atoms with E-state index in [1.807, 2.05) is 0 Å². The number of unbranched alkanes of at least 4 members (excludes halogenated alkanes) is 15. The van der Waals surface area contributed by atoms with Crippen molar-refractivity contribution >= 4 is 15.4 Å². The summed E-state index contributed by atoms with van der Waals surface area (Å²) in [7, 11) is -9.00. The van der Waals surface area contributed by atoms with Gasteiger partial charge in [0.2, 0.25) is 0 Å². The molecule has 0 saturated heterocycles. The first-order valence-corrected chi connectivity index (χ1v) is 19.7. The normalized spacial score (nSPS) is 26.9. The number of ether oxygens (including phenoxy) is 2. The van der Waals surface area contributed by atoms with Gasteiger partial charge in [0.15, 0.2) is 5.85 Å². The molecular formula is C29H60O14P2. The molecule has 0 heterocycles. The van der Waals surface area contributed by atoms with Crippen LogP contribution in [-0.4, -0.2) is 110 Å². The van der Waals surface area contributed by atoms with Gasteiger partial charge in [0.05, 0.1) is 31.3 Å². The van der Waals surface area contributed by atoms with Gasteiger partial charge in [-0.05, 0) is 6.42 Å². The molecule has 0 aromatic rings. The number of rotatable bonds is 27. The van der Waals surface area contributed by atoms with Crippen molar-refractivity contribution in [1.29, 1.82) is 0 Å². The van der Waals surface area contributed by atoms with E-state index in [-0.39, 0.29) is 6.61 Å². The lowest BCUT2D eigenvalue weighted by molar-refractivity contribution is -0.211. The van der Waals surface area contributed by atoms with Gasteiger partial charge in [-0.1, -0.05) is 103 Å². The summed E-state index contributed by atoms with van der Waals surface area (Å²) in [6, 6.07) is 0. The number of phosphoric acid groups is 1. The Morgan fingerprint density at radius 1 is 0.644 bits per heavy atom. The van der Waals surface area contributed by atoms with E-state index in [1.165, 1.54) is 90.6 Å². The monoisotopic (exact) mass is 694 g/mol. The average Bonchev–Trinajstić information content (AvgIpc) is 2.98. The molecule has 0 aromatic heterocycles. The van der Waals surface area contributed by atoms with Gasteiger partial charge in [-0.2, -0.15) is 0 Å². The van der Waals surface area contributed by atoms with Crippen LogP contribution in [0.4, 0.5) is 0 Å². The lowest BCUT2D eigenvalue weighted by atomic mass is 9.79. The van der Waals surface area contributed by atoms with Crippen LogP contribution < -0.4 is 0 Å². The van der Waals surface area contributed by atoms with E-state index >= 15 is 0 Å². The number of hydrogen-bond donors (Lipinski definition) is 8. The fourth-order valence-corrected chi connectivity index (χ4v) is 7.24. The zero-order valence-electron chi connectivity index (χ0n) is 27.0. The Hall–Kier alpha value is -0.0200. The second kappa shape index (κ2) is 23.4. The third-order valence-electron chi connectivity index (χ3n) is 8.31. The second-order valence-electron chi connectivity index (χ2n) is 12.1. The van der Waals surface area contributed by atoms with Crippen LogP contribution in [0.15, 0.2) is 0 Å². The van der Waals surface area contributed by atoms with E-state index in [1.54, 1.807) is 0 Å². The molecular weight excluding hydrogens is 634 g/mol. The van der Waals surface area contributed by atoms with Crippen molar-refractivity contribution in [3.8, 4) is 0 Å². The molecule has 9 atom stereocenters. The second-order valence-corrected chi connectivity index (χ2v) is 15.2. The summed E-state index contributed by atoms with van der Waals surface area (Å²) in [6.07, 6.45) is 8.53. The van der Waals surface area contributed by atoms with Gasteiger partial charge in [-0.15, -0.1) is 0 Å². The lowest BCUT2D eigenvalue weighted by Crippen LogP contribution is -2.64. The summed E-state index contributed by atoms with van der Waals surface area (Å²) >= 11 is 0. The molecule has 16 heteroatoms. The highest BCUT2D eigenvalue weighted by Crippen LogP contribution is 2.51. The molecule has 1 unspecified atom stereocenters. The van der Waals surface area contributed by atoms with Crippen LogP contribution in [0.25, 0.3) is 0 Å². The predicted molar refractivity (Wildman–Crippen MR) is 167 cm³/mol. The number of hydrogen-bond acceptors (Lipinski definition) is 11. The fourth-order valence-electron chi connectivity index (χ4n) is 5.46. The van der Waals surface area contributed by atoms with Gasteiger partial charge in [-0.3, -0.25) is 13.6 Å². The molecule has 0 radical (unpaired) electrons. The molecule has 0 aromatic carbocycles. The third-order valence-corrected chi connectivity index (χ3v) is 10.3. The Kier molecular flexibility index (Phi) is 22.3. The Bertz CT molecular complexity index is 846. The molecule has 0 bridgehead atoms. The van der Waals surface area contributed by atoms with E-state index < -0.39 is 70.4 Å². The van der Waals surface area contributed by atoms with Crippen LogP contribution >= 0.6 is 15.4 Å². The van der Waals surface area contributed by atoms with Gasteiger partial charge in [0, 0.05) is 13.7 Å². The fraction of sp³-hybridized carbons (Fsp3) is 1.00. The quantitative estimate of drug-likeness (QED) is 0.0455. The molecule has 1 rings (SSSR count). The van der Waals surface area contributed by atoms with Crippen molar-refractivity contribution in [1.82, 2.24) is 0 Å². The molecule has 45 heavy (non-hydrogen) atoms. The molecule has 270 valence electrons. The molecule has 1 fully saturated rings. The van der Waals surface area contributed by atoms with E-state index in [4.69, 9.17) is 18.5 Å². The average molecular weight is 695 g/mol. The molecule has 14 nitrogen and oxygen atoms in total. The van der Waals surface area contributed by atoms with Crippen molar-refractivity contribution in [2.75, 3.05) is 26.9 Å². The Labute approximate surface area is 268 Å². The van der Waals surface area contributed by atoms with Crippen molar-refractivity contribution in [2.45, 2.75) is 152 Å². The first kappa shape index (κ1) is 43.0. The smallest absolute Gasteiger partial charge is 0.390 e. The summed E-state index contributed by atoms with van der Waals surface area (Å²) in [4.78, 5) is 28.6. The molecule has 0 spiro atoms. The van der Waals surface area contributed by atoms with Gasteiger partial charge in [0.25, 0.3) is 0 Å². The highest BCUT2D eigenvalue weighted by atomic mass is 31.2. The van der Waals surface area contributed by atoms with Crippen LogP contribution in [0.1, 0.15) is 110 Å². The van der Waals surface area contributed by atoms with Crippen LogP contribution in [0.3, 0.4) is 0 Å². The van der Waals surface area contributed by atoms with Gasteiger partial charge in [-0.25, -0.2) is 4.57 Å². The number of aliphatic hydroxyl groups is 5. The Morgan fingerprint density at radius 2 is 1.11 bits per heavy atom. The number of phosphoric ester groups is 1. The summed E-state index contributed by atoms with van der Waals surface area (Å²) in [5, 5.41) is 50.6. The van der Waals surface area contributed by atoms with Gasteiger partial charge < -0.3 is 49.7 Å². The zero-order valence-corrected chi connectivity index (χ0v) is 28.8. The highest BCUT2D eigenvalue weighted by molar-refractivity contribution is 7.52. The summed E-state index contributed by atoms with van der Waals surface area (Å²) < 4.78 is 44.5. The minimum Gasteiger partial charge on any atom is -0.390 e. The molecule has 0 amide bonds. The minimum absolute atomic E-state index is 0.0470. The maximum atomic E-state index is 12.5. The largest absolute Gasteiger partial charge is 0.472 e. The predicted octanol–water partition coefficient (Wildman–Crippen LogP) is 3.35. The van der Waals surface area contributed by atoms with Gasteiger partial charge in [0.1, 0.15) is 24.4 Å². The lowest BCUT2D eigenvalue weighted by Gasteiger charge is -2.45. The molecule has 8 N–H and O–H groups in total. The Balaban J connectivity index is 2.23. The first-order valence-electron chi connectivity index (χ1n) is 16.5. The van der Waals surface area contributed by atoms with E-state index in [0.717, 1.165) is 19.3 Å². The third kappa shape index (κ3) is 17.3. The first-order chi connectivity index (χ1) is 21.3. The Morgan fingerprint density at radius 3 is 1.56 bits per heavy atom. The van der Waals surface area contributed by atoms with Crippen molar-refractivity contribution in [3.05, 3.63) is 0 Å². The maximum Gasteiger partial charge on any atom is 0.472 e. The summed E-state index contributed by atoms with van der Waals surface area (Å²) in [6.45, 7) is 2.28. The van der Waals surface area contributed by atoms with Crippen LogP contribution in [0, 0.1) is 5.92 Å². The summed E-state index contributed by atoms with van der Waals surface area (Å²) in [5.74, 6) is -4.77.